The summed E-state index contributed by atoms with van der Waals surface area (Å²) in [7, 11) is 1.47. The number of carbonyl (C=O) groups is 2. The molecular weight excluding hydrogens is 928 g/mol. The van der Waals surface area contributed by atoms with Crippen LogP contribution in [0.1, 0.15) is 265 Å². The third-order valence-electron chi connectivity index (χ3n) is 13.1. The molecule has 1 amide bonds. The Labute approximate surface area is 451 Å². The number of allylic oxidation sites excluding steroid dienone is 11. The van der Waals surface area contributed by atoms with Crippen LogP contribution in [0.2, 0.25) is 0 Å². The molecule has 3 unspecified atom stereocenters. The van der Waals surface area contributed by atoms with Crippen molar-refractivity contribution in [2.75, 3.05) is 40.9 Å². The fraction of sp³-hybridized carbons (Fsp3) is 0.778. The molecule has 0 aliphatic carbocycles. The van der Waals surface area contributed by atoms with Crippen molar-refractivity contribution < 1.29 is 37.3 Å². The van der Waals surface area contributed by atoms with E-state index in [-0.39, 0.29) is 31.5 Å². The quantitative estimate of drug-likeness (QED) is 0.0205. The van der Waals surface area contributed by atoms with Crippen LogP contribution in [0.3, 0.4) is 0 Å². The SMILES string of the molecule is CCCCC/C=C\C/C=C\C/C=C\C/C=C\CCCCCCCC(=O)NC(COP(=O)(O)OCC[N+](C)(C)C)C(/C=C\CCCCCCCCCCCC)OC(=O)CCCCC/C=C\CCCCCCCCC. The number of nitrogens with zero attached hydrogens (tertiary/aromatic N) is 1. The molecule has 0 fully saturated rings. The number of rotatable bonds is 54. The first-order valence-corrected chi connectivity index (χ1v) is 31.8. The second kappa shape index (κ2) is 52.9. The van der Waals surface area contributed by atoms with Crippen molar-refractivity contribution in [2.45, 2.75) is 277 Å². The smallest absolute Gasteiger partial charge is 0.456 e. The zero-order chi connectivity index (χ0) is 53.6. The predicted octanol–water partition coefficient (Wildman–Crippen LogP) is 18.4. The maximum Gasteiger partial charge on any atom is 0.472 e. The molecule has 0 aliphatic heterocycles. The van der Waals surface area contributed by atoms with Gasteiger partial charge in [-0.3, -0.25) is 18.6 Å². The molecule has 0 aromatic heterocycles. The molecule has 2 N–H and O–H groups in total. The molecule has 0 aliphatic rings. The molecule has 0 saturated heterocycles. The summed E-state index contributed by atoms with van der Waals surface area (Å²) in [6.07, 6.45) is 67.5. The van der Waals surface area contributed by atoms with E-state index in [9.17, 15) is 19.0 Å². The predicted molar refractivity (Wildman–Crippen MR) is 314 cm³/mol. The Bertz CT molecular complexity index is 1480. The van der Waals surface area contributed by atoms with E-state index in [1.165, 1.54) is 122 Å². The highest BCUT2D eigenvalue weighted by atomic mass is 31.2. The van der Waals surface area contributed by atoms with Crippen LogP contribution in [0, 0.1) is 0 Å². The number of phosphoric acid groups is 1. The molecule has 0 aromatic carbocycles. The molecule has 0 saturated carbocycles. The van der Waals surface area contributed by atoms with Crippen LogP contribution in [-0.2, 0) is 27.9 Å². The first kappa shape index (κ1) is 70.5. The summed E-state index contributed by atoms with van der Waals surface area (Å²) in [6, 6.07) is -0.866. The third-order valence-corrected chi connectivity index (χ3v) is 14.1. The number of quaternary nitrogens is 1. The lowest BCUT2D eigenvalue weighted by molar-refractivity contribution is -0.870. The van der Waals surface area contributed by atoms with E-state index in [0.29, 0.717) is 23.9 Å². The van der Waals surface area contributed by atoms with E-state index in [4.69, 9.17) is 13.8 Å². The van der Waals surface area contributed by atoms with Gasteiger partial charge in [-0.15, -0.1) is 0 Å². The molecule has 0 aromatic rings. The fourth-order valence-electron chi connectivity index (χ4n) is 8.39. The van der Waals surface area contributed by atoms with Crippen molar-refractivity contribution in [2.24, 2.45) is 0 Å². The topological polar surface area (TPSA) is 111 Å². The van der Waals surface area contributed by atoms with Crippen LogP contribution in [0.15, 0.2) is 72.9 Å². The van der Waals surface area contributed by atoms with Gasteiger partial charge in [-0.2, -0.15) is 0 Å². The van der Waals surface area contributed by atoms with Gasteiger partial charge >= 0.3 is 13.8 Å². The van der Waals surface area contributed by atoms with Crippen molar-refractivity contribution in [3.05, 3.63) is 72.9 Å². The van der Waals surface area contributed by atoms with Crippen LogP contribution in [0.4, 0.5) is 0 Å². The summed E-state index contributed by atoms with van der Waals surface area (Å²) in [6.45, 7) is 6.95. The number of hydrogen-bond donors (Lipinski definition) is 2. The highest BCUT2D eigenvalue weighted by Gasteiger charge is 2.30. The zero-order valence-electron chi connectivity index (χ0n) is 48.4. The standard InChI is InChI=1S/C63H115N2O7P/c1-7-10-13-16-19-22-25-28-30-31-32-33-34-35-36-37-40-43-46-49-52-55-62(66)64-60(59-71-73(68,69)70-58-57-65(4,5)6)61(54-51-48-45-42-39-27-24-21-18-15-12-9-3)72-63(67)56-53-50-47-44-41-38-29-26-23-20-17-14-11-8-2/h19,22,28,30,32-33,35-36,38,41,51,54,60-61H,7-18,20-21,23-27,29,31,34,37,39-40,42-50,52-53,55-59H2,1-6H3,(H-,64,66,68,69)/p+1/b22-19-,30-28-,33-32-,36-35-,41-38-,54-51-. The van der Waals surface area contributed by atoms with Gasteiger partial charge in [0, 0.05) is 12.8 Å². The average Bonchev–Trinajstić information content (AvgIpc) is 3.35. The highest BCUT2D eigenvalue weighted by molar-refractivity contribution is 7.47. The number of nitrogens with one attached hydrogen (secondary N) is 1. The minimum Gasteiger partial charge on any atom is -0.456 e. The molecule has 0 bridgehead atoms. The number of esters is 1. The zero-order valence-corrected chi connectivity index (χ0v) is 49.3. The first-order chi connectivity index (χ1) is 35.4. The Morgan fingerprint density at radius 1 is 0.479 bits per heavy atom. The Hall–Kier alpha value is -2.55. The van der Waals surface area contributed by atoms with Crippen molar-refractivity contribution in [1.29, 1.82) is 0 Å². The summed E-state index contributed by atoms with van der Waals surface area (Å²) in [5.41, 5.74) is 0. The lowest BCUT2D eigenvalue weighted by atomic mass is 10.0. The Kier molecular flexibility index (Phi) is 51.0. The maximum atomic E-state index is 13.5. The molecule has 9 nitrogen and oxygen atoms in total. The van der Waals surface area contributed by atoms with Crippen LogP contribution in [-0.4, -0.2) is 74.3 Å². The largest absolute Gasteiger partial charge is 0.472 e. The maximum absolute atomic E-state index is 13.5. The normalized spacial score (nSPS) is 14.2. The Balaban J connectivity index is 5.33. The molecule has 0 spiro atoms. The summed E-state index contributed by atoms with van der Waals surface area (Å²) < 4.78 is 30.6. The van der Waals surface area contributed by atoms with E-state index >= 15 is 0 Å². The number of phosphoric ester groups is 1. The molecular formula is C63H116N2O7P+. The summed E-state index contributed by atoms with van der Waals surface area (Å²) >= 11 is 0. The van der Waals surface area contributed by atoms with Gasteiger partial charge in [-0.05, 0) is 102 Å². The van der Waals surface area contributed by atoms with E-state index in [2.05, 4.69) is 86.8 Å². The van der Waals surface area contributed by atoms with E-state index in [1.54, 1.807) is 0 Å². The Morgan fingerprint density at radius 2 is 0.836 bits per heavy atom. The Morgan fingerprint density at radius 3 is 1.30 bits per heavy atom. The fourth-order valence-corrected chi connectivity index (χ4v) is 9.12. The van der Waals surface area contributed by atoms with Crippen molar-refractivity contribution >= 4 is 19.7 Å². The van der Waals surface area contributed by atoms with Crippen LogP contribution < -0.4 is 5.32 Å². The molecule has 0 heterocycles. The summed E-state index contributed by atoms with van der Waals surface area (Å²) in [5.74, 6) is -0.544. The number of unbranched alkanes of at least 4 members (excludes halogenated alkanes) is 28. The van der Waals surface area contributed by atoms with Gasteiger partial charge in [0.1, 0.15) is 19.3 Å². The second-order valence-corrected chi connectivity index (χ2v) is 23.0. The number of amides is 1. The van der Waals surface area contributed by atoms with Crippen LogP contribution in [0.25, 0.3) is 0 Å². The van der Waals surface area contributed by atoms with Gasteiger partial charge in [0.25, 0.3) is 0 Å². The van der Waals surface area contributed by atoms with E-state index in [0.717, 1.165) is 103 Å². The molecule has 0 radical (unpaired) electrons. The number of ether oxygens (including phenoxy) is 1. The lowest BCUT2D eigenvalue weighted by Crippen LogP contribution is -2.47. The van der Waals surface area contributed by atoms with Crippen molar-refractivity contribution in [3.8, 4) is 0 Å². The van der Waals surface area contributed by atoms with Gasteiger partial charge < -0.3 is 19.4 Å². The van der Waals surface area contributed by atoms with E-state index in [1.807, 2.05) is 33.3 Å². The minimum atomic E-state index is -4.46. The van der Waals surface area contributed by atoms with E-state index < -0.39 is 20.0 Å². The van der Waals surface area contributed by atoms with Crippen LogP contribution >= 0.6 is 7.82 Å². The van der Waals surface area contributed by atoms with Gasteiger partial charge in [-0.25, -0.2) is 4.57 Å². The minimum absolute atomic E-state index is 0.0318. The van der Waals surface area contributed by atoms with Gasteiger partial charge in [0.2, 0.25) is 5.91 Å². The van der Waals surface area contributed by atoms with Gasteiger partial charge in [0.15, 0.2) is 0 Å². The molecule has 73 heavy (non-hydrogen) atoms. The number of carbonyl (C=O) groups excluding carboxylic acids is 2. The summed E-state index contributed by atoms with van der Waals surface area (Å²) in [5, 5.41) is 3.04. The highest BCUT2D eigenvalue weighted by Crippen LogP contribution is 2.43. The van der Waals surface area contributed by atoms with Crippen LogP contribution in [0.5, 0.6) is 0 Å². The number of likely N-dealkylation sites (N-methyl/N-ethyl adjacent to an activating group) is 1. The van der Waals surface area contributed by atoms with Crippen molar-refractivity contribution in [3.63, 3.8) is 0 Å². The third kappa shape index (κ3) is 54.1. The lowest BCUT2D eigenvalue weighted by Gasteiger charge is -2.27. The average molecular weight is 1040 g/mol. The number of hydrogen-bond acceptors (Lipinski definition) is 6. The second-order valence-electron chi connectivity index (χ2n) is 21.5. The monoisotopic (exact) mass is 1040 g/mol. The molecule has 0 rings (SSSR count). The molecule has 10 heteroatoms. The molecule has 3 atom stereocenters. The molecule has 424 valence electrons. The van der Waals surface area contributed by atoms with Crippen molar-refractivity contribution in [1.82, 2.24) is 5.32 Å². The van der Waals surface area contributed by atoms with Gasteiger partial charge in [-0.1, -0.05) is 222 Å². The van der Waals surface area contributed by atoms with Gasteiger partial charge in [0.05, 0.1) is 33.8 Å². The first-order valence-electron chi connectivity index (χ1n) is 30.3. The summed E-state index contributed by atoms with van der Waals surface area (Å²) in [4.78, 5) is 37.6.